The lowest BCUT2D eigenvalue weighted by Gasteiger charge is -2.20. The lowest BCUT2D eigenvalue weighted by molar-refractivity contribution is 0.101. The van der Waals surface area contributed by atoms with Crippen LogP contribution in [-0.2, 0) is 0 Å². The van der Waals surface area contributed by atoms with Gasteiger partial charge in [0.25, 0.3) is 11.8 Å². The molecule has 6 N–H and O–H groups in total. The number of benzene rings is 3. The van der Waals surface area contributed by atoms with Crippen molar-refractivity contribution in [2.24, 2.45) is 0 Å². The highest BCUT2D eigenvalue weighted by Crippen LogP contribution is 2.39. The molecule has 2 amide bonds. The number of hydrogen-bond acceptors (Lipinski definition) is 8. The Balaban J connectivity index is 2.00. The van der Waals surface area contributed by atoms with Crippen molar-refractivity contribution >= 4 is 34.6 Å². The van der Waals surface area contributed by atoms with Crippen molar-refractivity contribution in [2.45, 2.75) is 130 Å². The third-order valence-electron chi connectivity index (χ3n) is 9.10. The number of carbonyl (C=O) groups excluding carboxylic acids is 2. The van der Waals surface area contributed by atoms with Crippen molar-refractivity contribution in [3.8, 4) is 23.0 Å². The van der Waals surface area contributed by atoms with Crippen LogP contribution in [0.15, 0.2) is 48.5 Å². The quantitative estimate of drug-likeness (QED) is 0.0424. The van der Waals surface area contributed by atoms with Crippen LogP contribution < -0.4 is 41.0 Å². The first-order chi connectivity index (χ1) is 26.3. The summed E-state index contributed by atoms with van der Waals surface area (Å²) >= 11 is 0. The van der Waals surface area contributed by atoms with Crippen LogP contribution in [0.3, 0.4) is 0 Å². The van der Waals surface area contributed by atoms with Gasteiger partial charge in [-0.15, -0.1) is 0 Å². The number of carbonyl (C=O) groups is 2. The molecule has 3 aromatic carbocycles. The van der Waals surface area contributed by atoms with Crippen molar-refractivity contribution in [3.05, 3.63) is 59.7 Å². The summed E-state index contributed by atoms with van der Waals surface area (Å²) < 4.78 is 24.7. The lowest BCUT2D eigenvalue weighted by Crippen LogP contribution is -2.18. The van der Waals surface area contributed by atoms with Gasteiger partial charge >= 0.3 is 0 Å². The van der Waals surface area contributed by atoms with E-state index in [1.165, 1.54) is 38.5 Å². The van der Waals surface area contributed by atoms with Crippen molar-refractivity contribution in [1.29, 1.82) is 0 Å². The second-order valence-electron chi connectivity index (χ2n) is 13.9. The average molecular weight is 747 g/mol. The van der Waals surface area contributed by atoms with E-state index in [-0.39, 0.29) is 0 Å². The van der Waals surface area contributed by atoms with Gasteiger partial charge in [0.05, 0.1) is 48.9 Å². The maximum atomic E-state index is 14.0. The van der Waals surface area contributed by atoms with Crippen LogP contribution in [0.1, 0.15) is 151 Å². The zero-order chi connectivity index (χ0) is 39.0. The van der Waals surface area contributed by atoms with Crippen molar-refractivity contribution in [2.75, 3.05) is 48.5 Å². The molecule has 0 heterocycles. The highest BCUT2D eigenvalue weighted by Gasteiger charge is 2.22. The van der Waals surface area contributed by atoms with E-state index in [9.17, 15) is 9.59 Å². The molecule has 0 saturated carbocycles. The molecule has 0 aromatic heterocycles. The summed E-state index contributed by atoms with van der Waals surface area (Å²) in [5.41, 5.74) is 14.5. The minimum atomic E-state index is -0.418. The van der Waals surface area contributed by atoms with Crippen LogP contribution in [0, 0.1) is 0 Å². The second-order valence-corrected chi connectivity index (χ2v) is 13.9. The summed E-state index contributed by atoms with van der Waals surface area (Å²) in [5, 5.41) is 6.07. The van der Waals surface area contributed by atoms with Crippen molar-refractivity contribution in [3.63, 3.8) is 0 Å². The Bertz CT molecular complexity index is 1450. The van der Waals surface area contributed by atoms with Crippen LogP contribution in [0.4, 0.5) is 22.7 Å². The molecule has 0 bridgehead atoms. The van der Waals surface area contributed by atoms with Gasteiger partial charge in [0.2, 0.25) is 0 Å². The zero-order valence-electron chi connectivity index (χ0n) is 33.4. The maximum Gasteiger partial charge on any atom is 0.259 e. The molecular formula is C44H66N4O6. The molecule has 0 fully saturated rings. The van der Waals surface area contributed by atoms with Crippen LogP contribution in [0.5, 0.6) is 23.0 Å². The molecule has 298 valence electrons. The fourth-order valence-corrected chi connectivity index (χ4v) is 5.86. The first kappa shape index (κ1) is 43.8. The normalized spacial score (nSPS) is 10.9. The summed E-state index contributed by atoms with van der Waals surface area (Å²) in [6.07, 6.45) is 16.9. The average Bonchev–Trinajstić information content (AvgIpc) is 3.16. The minimum Gasteiger partial charge on any atom is -0.493 e. The van der Waals surface area contributed by atoms with Crippen molar-refractivity contribution in [1.82, 2.24) is 0 Å². The topological polar surface area (TPSA) is 147 Å². The Labute approximate surface area is 324 Å². The number of anilines is 4. The smallest absolute Gasteiger partial charge is 0.259 e. The molecule has 3 rings (SSSR count). The Hall–Kier alpha value is -4.60. The van der Waals surface area contributed by atoms with E-state index >= 15 is 0 Å². The summed E-state index contributed by atoms with van der Waals surface area (Å²) in [4.78, 5) is 27.9. The first-order valence-electron chi connectivity index (χ1n) is 20.4. The zero-order valence-corrected chi connectivity index (χ0v) is 33.4. The third kappa shape index (κ3) is 15.4. The number of unbranched alkanes of at least 4 members (excludes halogenated alkanes) is 12. The van der Waals surface area contributed by atoms with Gasteiger partial charge in [0, 0.05) is 17.4 Å². The number of nitrogen functional groups attached to an aromatic ring is 2. The minimum absolute atomic E-state index is 0.301. The number of amides is 2. The molecule has 0 saturated heterocycles. The number of nitrogens with one attached hydrogen (secondary N) is 2. The lowest BCUT2D eigenvalue weighted by atomic mass is 10.1. The van der Waals surface area contributed by atoms with E-state index in [4.69, 9.17) is 30.4 Å². The Morgan fingerprint density at radius 1 is 0.444 bits per heavy atom. The Morgan fingerprint density at radius 3 is 1.20 bits per heavy atom. The van der Waals surface area contributed by atoms with Gasteiger partial charge in [0.1, 0.15) is 23.0 Å². The molecule has 0 atom stereocenters. The van der Waals surface area contributed by atoms with Crippen LogP contribution in [0.2, 0.25) is 0 Å². The van der Waals surface area contributed by atoms with E-state index in [2.05, 4.69) is 38.3 Å². The molecule has 0 aliphatic heterocycles. The van der Waals surface area contributed by atoms with Crippen molar-refractivity contribution < 1.29 is 28.5 Å². The summed E-state index contributed by atoms with van der Waals surface area (Å²) in [7, 11) is 0. The monoisotopic (exact) mass is 746 g/mol. The number of ether oxygens (including phenoxy) is 4. The molecule has 54 heavy (non-hydrogen) atoms. The first-order valence-corrected chi connectivity index (χ1v) is 20.4. The summed E-state index contributed by atoms with van der Waals surface area (Å²) in [6, 6.07) is 13.5. The van der Waals surface area contributed by atoms with E-state index < -0.39 is 11.8 Å². The predicted octanol–water partition coefficient (Wildman–Crippen LogP) is 11.2. The fraction of sp³-hybridized carbons (Fsp3) is 0.545. The van der Waals surface area contributed by atoms with Gasteiger partial charge in [-0.1, -0.05) is 105 Å². The molecule has 10 heteroatoms. The Morgan fingerprint density at radius 2 is 0.796 bits per heavy atom. The van der Waals surface area contributed by atoms with Crippen LogP contribution in [-0.4, -0.2) is 38.2 Å². The Kier molecular flexibility index (Phi) is 20.6. The standard InChI is InChI=1S/C44H66N4O6/c1-5-9-13-15-17-19-27-53-41-32-42(54-28-20-18-16-14-10-6-2)38(48-44(50)36-30-34(46)22-24-40(36)52-26-12-8-4)31-37(41)47-43(49)35-29-33(45)21-23-39(35)51-25-11-7-3/h21-24,29-32H,5-20,25-28,45-46H2,1-4H3,(H,47,49)(H,48,50). The number of nitrogens with two attached hydrogens (primary N) is 2. The predicted molar refractivity (Wildman–Crippen MR) is 223 cm³/mol. The van der Waals surface area contributed by atoms with E-state index in [1.54, 1.807) is 48.5 Å². The summed E-state index contributed by atoms with van der Waals surface area (Å²) in [6.45, 7) is 10.4. The van der Waals surface area contributed by atoms with Gasteiger partial charge in [-0.25, -0.2) is 0 Å². The van der Waals surface area contributed by atoms with Gasteiger partial charge in [0.15, 0.2) is 0 Å². The number of hydrogen-bond donors (Lipinski definition) is 4. The highest BCUT2D eigenvalue weighted by atomic mass is 16.5. The molecule has 0 radical (unpaired) electrons. The van der Waals surface area contributed by atoms with Gasteiger partial charge in [-0.2, -0.15) is 0 Å². The summed E-state index contributed by atoms with van der Waals surface area (Å²) in [5.74, 6) is 0.927. The van der Waals surface area contributed by atoms with Gasteiger partial charge < -0.3 is 41.0 Å². The number of rotatable bonds is 28. The van der Waals surface area contributed by atoms with Gasteiger partial charge in [-0.3, -0.25) is 9.59 Å². The van der Waals surface area contributed by atoms with E-state index in [1.807, 2.05) is 0 Å². The van der Waals surface area contributed by atoms with E-state index in [0.29, 0.717) is 83.3 Å². The molecule has 3 aromatic rings. The van der Waals surface area contributed by atoms with Crippen LogP contribution >= 0.6 is 0 Å². The molecular weight excluding hydrogens is 681 g/mol. The molecule has 0 unspecified atom stereocenters. The largest absolute Gasteiger partial charge is 0.493 e. The highest BCUT2D eigenvalue weighted by molar-refractivity contribution is 6.10. The molecule has 10 nitrogen and oxygen atoms in total. The molecule has 0 spiro atoms. The SMILES string of the molecule is CCCCCCCCOc1cc(OCCCCCCCC)c(NC(=O)c2cc(N)ccc2OCCCC)cc1NC(=O)c1cc(N)ccc1OCCCC. The van der Waals surface area contributed by atoms with Crippen LogP contribution in [0.25, 0.3) is 0 Å². The second kappa shape index (κ2) is 25.4. The fourth-order valence-electron chi connectivity index (χ4n) is 5.86. The maximum absolute atomic E-state index is 14.0. The third-order valence-corrected chi connectivity index (χ3v) is 9.10. The van der Waals surface area contributed by atoms with Gasteiger partial charge in [-0.05, 0) is 68.1 Å². The molecule has 0 aliphatic carbocycles. The molecule has 0 aliphatic rings. The van der Waals surface area contributed by atoms with E-state index in [0.717, 1.165) is 64.2 Å².